The topological polar surface area (TPSA) is 93.5 Å². The van der Waals surface area contributed by atoms with E-state index in [-0.39, 0.29) is 5.88 Å². The van der Waals surface area contributed by atoms with Crippen LogP contribution in [0.25, 0.3) is 11.2 Å². The van der Waals surface area contributed by atoms with Crippen LogP contribution >= 0.6 is 0 Å². The molecule has 3 heterocycles. The zero-order chi connectivity index (χ0) is 17.9. The number of rotatable bonds is 6. The van der Waals surface area contributed by atoms with Crippen molar-refractivity contribution in [3.05, 3.63) is 18.5 Å². The lowest BCUT2D eigenvalue weighted by Crippen LogP contribution is -2.15. The first-order chi connectivity index (χ1) is 12.7. The Labute approximate surface area is 148 Å². The summed E-state index contributed by atoms with van der Waals surface area (Å²) in [5.41, 5.74) is 1.41. The molecular formula is C16H19F2N7O. The number of alkyl halides is 2. The predicted molar refractivity (Wildman–Crippen MR) is 90.4 cm³/mol. The number of aromatic amines is 1. The monoisotopic (exact) mass is 363 g/mol. The van der Waals surface area contributed by atoms with Gasteiger partial charge in [-0.1, -0.05) is 19.3 Å². The molecule has 26 heavy (non-hydrogen) atoms. The van der Waals surface area contributed by atoms with Gasteiger partial charge >= 0.3 is 6.61 Å². The summed E-state index contributed by atoms with van der Waals surface area (Å²) in [5, 5.41) is 13.6. The minimum atomic E-state index is -2.91. The van der Waals surface area contributed by atoms with Gasteiger partial charge in [0.2, 0.25) is 5.88 Å². The van der Waals surface area contributed by atoms with E-state index >= 15 is 0 Å². The number of nitrogens with one attached hydrogen (secondary N) is 2. The van der Waals surface area contributed by atoms with Crippen molar-refractivity contribution < 1.29 is 13.5 Å². The van der Waals surface area contributed by atoms with E-state index in [0.29, 0.717) is 23.2 Å². The summed E-state index contributed by atoms with van der Waals surface area (Å²) in [6.07, 6.45) is 9.54. The Morgan fingerprint density at radius 1 is 1.23 bits per heavy atom. The van der Waals surface area contributed by atoms with Crippen LogP contribution in [-0.2, 0) is 6.54 Å². The lowest BCUT2D eigenvalue weighted by Gasteiger charge is -2.21. The molecule has 3 aromatic heterocycles. The molecule has 0 spiro atoms. The lowest BCUT2D eigenvalue weighted by molar-refractivity contribution is -0.0528. The van der Waals surface area contributed by atoms with Crippen molar-refractivity contribution >= 4 is 22.8 Å². The maximum Gasteiger partial charge on any atom is 0.388 e. The minimum absolute atomic E-state index is 0.126. The Morgan fingerprint density at radius 3 is 2.88 bits per heavy atom. The molecule has 4 rings (SSSR count). The normalized spacial score (nSPS) is 15.7. The molecule has 138 valence electrons. The van der Waals surface area contributed by atoms with Crippen LogP contribution in [0.5, 0.6) is 5.88 Å². The predicted octanol–water partition coefficient (Wildman–Crippen LogP) is 3.47. The van der Waals surface area contributed by atoms with Crippen molar-refractivity contribution in [3.63, 3.8) is 0 Å². The largest absolute Gasteiger partial charge is 0.417 e. The number of nitrogens with zero attached hydrogens (tertiary/aromatic N) is 5. The van der Waals surface area contributed by atoms with Gasteiger partial charge in [0.05, 0.1) is 12.4 Å². The third kappa shape index (κ3) is 3.73. The number of fused-ring (bicyclic) bond motifs is 1. The van der Waals surface area contributed by atoms with E-state index in [1.165, 1.54) is 38.2 Å². The molecule has 1 fully saturated rings. The van der Waals surface area contributed by atoms with E-state index in [1.807, 2.05) is 4.68 Å². The second-order valence-electron chi connectivity index (χ2n) is 6.42. The van der Waals surface area contributed by atoms with Gasteiger partial charge in [0.1, 0.15) is 5.52 Å². The van der Waals surface area contributed by atoms with E-state index in [4.69, 9.17) is 0 Å². The summed E-state index contributed by atoms with van der Waals surface area (Å²) in [6.45, 7) is -2.08. The van der Waals surface area contributed by atoms with E-state index in [2.05, 4.69) is 35.3 Å². The lowest BCUT2D eigenvalue weighted by atomic mass is 9.89. The highest BCUT2D eigenvalue weighted by atomic mass is 19.3. The average Bonchev–Trinajstić information content (AvgIpc) is 3.22. The van der Waals surface area contributed by atoms with Crippen LogP contribution < -0.4 is 10.1 Å². The highest BCUT2D eigenvalue weighted by Crippen LogP contribution is 2.26. The van der Waals surface area contributed by atoms with Crippen LogP contribution in [0.15, 0.2) is 18.5 Å². The first kappa shape index (κ1) is 16.7. The highest BCUT2D eigenvalue weighted by Gasteiger charge is 2.17. The number of hydrogen-bond donors (Lipinski definition) is 2. The molecule has 0 bridgehead atoms. The first-order valence-corrected chi connectivity index (χ1v) is 8.63. The van der Waals surface area contributed by atoms with Crippen molar-refractivity contribution in [2.24, 2.45) is 5.92 Å². The van der Waals surface area contributed by atoms with Crippen LogP contribution in [0.1, 0.15) is 32.1 Å². The fourth-order valence-electron chi connectivity index (χ4n) is 3.31. The number of aromatic nitrogens is 6. The van der Waals surface area contributed by atoms with Gasteiger partial charge in [-0.05, 0) is 18.8 Å². The zero-order valence-electron chi connectivity index (χ0n) is 14.0. The maximum atomic E-state index is 12.2. The van der Waals surface area contributed by atoms with Crippen LogP contribution in [0, 0.1) is 5.92 Å². The number of hydrogen-bond acceptors (Lipinski definition) is 6. The van der Waals surface area contributed by atoms with Gasteiger partial charge in [-0.15, -0.1) is 0 Å². The van der Waals surface area contributed by atoms with Crippen molar-refractivity contribution in [2.45, 2.75) is 45.3 Å². The smallest absolute Gasteiger partial charge is 0.388 e. The molecule has 10 heteroatoms. The van der Waals surface area contributed by atoms with Gasteiger partial charge in [0.25, 0.3) is 0 Å². The molecule has 0 saturated heterocycles. The number of anilines is 2. The van der Waals surface area contributed by atoms with Crippen molar-refractivity contribution in [3.8, 4) is 5.88 Å². The fraction of sp³-hybridized carbons (Fsp3) is 0.500. The first-order valence-electron chi connectivity index (χ1n) is 8.63. The second kappa shape index (κ2) is 7.22. The van der Waals surface area contributed by atoms with Gasteiger partial charge in [-0.2, -0.15) is 19.0 Å². The summed E-state index contributed by atoms with van der Waals surface area (Å²) >= 11 is 0. The Bertz CT molecular complexity index is 872. The van der Waals surface area contributed by atoms with Crippen molar-refractivity contribution in [1.82, 2.24) is 29.9 Å². The second-order valence-corrected chi connectivity index (χ2v) is 6.42. The Morgan fingerprint density at radius 2 is 2.08 bits per heavy atom. The summed E-state index contributed by atoms with van der Waals surface area (Å²) < 4.78 is 30.6. The van der Waals surface area contributed by atoms with Crippen LogP contribution in [0.2, 0.25) is 0 Å². The van der Waals surface area contributed by atoms with E-state index < -0.39 is 6.61 Å². The summed E-state index contributed by atoms with van der Waals surface area (Å²) in [4.78, 5) is 8.90. The molecule has 0 aliphatic heterocycles. The third-order valence-electron chi connectivity index (χ3n) is 4.53. The average molecular weight is 363 g/mol. The fourth-order valence-corrected chi connectivity index (χ4v) is 3.31. The molecule has 0 unspecified atom stereocenters. The standard InChI is InChI=1S/C16H19F2N7O/c17-16(18)26-14-6-12(23-24-14)21-13-8-19-11-7-20-25(15(11)22-13)9-10-4-2-1-3-5-10/h6-8,10,16H,1-5,9H2,(H2,21,22,23,24). The van der Waals surface area contributed by atoms with E-state index in [1.54, 1.807) is 12.4 Å². The Balaban J connectivity index is 1.51. The molecule has 3 aromatic rings. The molecule has 1 saturated carbocycles. The summed E-state index contributed by atoms with van der Waals surface area (Å²) in [5.74, 6) is 1.26. The zero-order valence-corrected chi connectivity index (χ0v) is 14.0. The molecule has 0 amide bonds. The molecule has 1 aliphatic rings. The molecular weight excluding hydrogens is 344 g/mol. The van der Waals surface area contributed by atoms with E-state index in [9.17, 15) is 8.78 Å². The van der Waals surface area contributed by atoms with Crippen molar-refractivity contribution in [1.29, 1.82) is 0 Å². The highest BCUT2D eigenvalue weighted by molar-refractivity contribution is 5.71. The third-order valence-corrected chi connectivity index (χ3v) is 4.53. The summed E-state index contributed by atoms with van der Waals surface area (Å²) in [6, 6.07) is 1.33. The quantitative estimate of drug-likeness (QED) is 0.696. The summed E-state index contributed by atoms with van der Waals surface area (Å²) in [7, 11) is 0. The van der Waals surface area contributed by atoms with Crippen LogP contribution in [0.4, 0.5) is 20.4 Å². The maximum absolute atomic E-state index is 12.2. The minimum Gasteiger partial charge on any atom is -0.417 e. The van der Waals surface area contributed by atoms with Gasteiger partial charge in [0, 0.05) is 12.6 Å². The molecule has 2 N–H and O–H groups in total. The van der Waals surface area contributed by atoms with Gasteiger partial charge < -0.3 is 10.1 Å². The molecule has 8 nitrogen and oxygen atoms in total. The molecule has 0 atom stereocenters. The Kier molecular flexibility index (Phi) is 4.63. The van der Waals surface area contributed by atoms with Crippen molar-refractivity contribution in [2.75, 3.05) is 5.32 Å². The Hall–Kier alpha value is -2.78. The SMILES string of the molecule is FC(F)Oc1cc(Nc2cnc3cnn(CC4CCCCC4)c3n2)n[nH]1. The molecule has 0 aromatic carbocycles. The van der Waals surface area contributed by atoms with Gasteiger partial charge in [0.15, 0.2) is 17.3 Å². The van der Waals surface area contributed by atoms with Gasteiger partial charge in [-0.3, -0.25) is 0 Å². The number of H-pyrrole nitrogens is 1. The molecule has 1 aliphatic carbocycles. The van der Waals surface area contributed by atoms with Crippen LogP contribution in [-0.4, -0.2) is 36.6 Å². The van der Waals surface area contributed by atoms with Crippen LogP contribution in [0.3, 0.4) is 0 Å². The van der Waals surface area contributed by atoms with Gasteiger partial charge in [-0.25, -0.2) is 19.7 Å². The van der Waals surface area contributed by atoms with E-state index in [0.717, 1.165) is 12.1 Å². The number of halogens is 2. The molecule has 0 radical (unpaired) electrons. The number of ether oxygens (including phenoxy) is 1.